The lowest BCUT2D eigenvalue weighted by atomic mass is 10.1. The largest absolute Gasteiger partial charge is 0.497 e. The van der Waals surface area contributed by atoms with Crippen molar-refractivity contribution in [1.82, 2.24) is 19.7 Å². The SMILES string of the molecule is COc1ccc2cc(C(=O)N3CCn4ncc(N5CC(C)(C)OC5=O)c4C3)[nH]c2c1. The molecule has 3 aromatic rings. The molecular weight excluding hydrogens is 386 g/mol. The number of nitrogens with zero attached hydrogens (tertiary/aromatic N) is 4. The molecule has 30 heavy (non-hydrogen) atoms. The zero-order valence-corrected chi connectivity index (χ0v) is 17.1. The van der Waals surface area contributed by atoms with Crippen LogP contribution in [0.2, 0.25) is 0 Å². The number of nitrogens with one attached hydrogen (secondary N) is 1. The van der Waals surface area contributed by atoms with Crippen LogP contribution < -0.4 is 9.64 Å². The van der Waals surface area contributed by atoms with Crippen LogP contribution >= 0.6 is 0 Å². The fraction of sp³-hybridized carbons (Fsp3) is 0.381. The summed E-state index contributed by atoms with van der Waals surface area (Å²) >= 11 is 0. The van der Waals surface area contributed by atoms with Gasteiger partial charge in [0.1, 0.15) is 17.0 Å². The Hall–Kier alpha value is -3.49. The monoisotopic (exact) mass is 409 g/mol. The van der Waals surface area contributed by atoms with E-state index in [0.717, 1.165) is 22.3 Å². The molecule has 1 N–H and O–H groups in total. The first-order valence-corrected chi connectivity index (χ1v) is 9.86. The standard InChI is InChI=1S/C21H23N5O4/c1-21(2)12-25(20(28)30-21)17-10-22-26-7-6-24(11-18(17)26)19(27)16-8-13-4-5-14(29-3)9-15(13)23-16/h4-5,8-10,23H,6-7,11-12H2,1-3H3. The van der Waals surface area contributed by atoms with Gasteiger partial charge in [0.05, 0.1) is 44.3 Å². The number of hydrogen-bond donors (Lipinski definition) is 1. The van der Waals surface area contributed by atoms with Crippen molar-refractivity contribution in [2.75, 3.05) is 25.1 Å². The second-order valence-electron chi connectivity index (χ2n) is 8.28. The highest BCUT2D eigenvalue weighted by Crippen LogP contribution is 2.32. The van der Waals surface area contributed by atoms with Gasteiger partial charge in [0.2, 0.25) is 0 Å². The van der Waals surface area contributed by atoms with E-state index in [1.54, 1.807) is 23.1 Å². The number of carbonyl (C=O) groups excluding carboxylic acids is 2. The number of amides is 2. The number of aromatic nitrogens is 3. The average Bonchev–Trinajstić information content (AvgIpc) is 3.40. The van der Waals surface area contributed by atoms with Crippen molar-refractivity contribution < 1.29 is 19.1 Å². The van der Waals surface area contributed by atoms with Crippen LogP contribution in [0.15, 0.2) is 30.5 Å². The van der Waals surface area contributed by atoms with Crippen molar-refractivity contribution >= 4 is 28.6 Å². The van der Waals surface area contributed by atoms with Crippen LogP contribution in [0.4, 0.5) is 10.5 Å². The molecule has 5 rings (SSSR count). The predicted molar refractivity (Wildman–Crippen MR) is 110 cm³/mol. The molecule has 0 spiro atoms. The average molecular weight is 409 g/mol. The number of methoxy groups -OCH3 is 1. The Morgan fingerprint density at radius 2 is 2.10 bits per heavy atom. The molecule has 2 aromatic heterocycles. The lowest BCUT2D eigenvalue weighted by Gasteiger charge is -2.29. The minimum atomic E-state index is -0.554. The van der Waals surface area contributed by atoms with Crippen molar-refractivity contribution in [2.45, 2.75) is 32.5 Å². The molecule has 1 aromatic carbocycles. The molecule has 0 atom stereocenters. The molecule has 0 saturated carbocycles. The van der Waals surface area contributed by atoms with E-state index in [9.17, 15) is 9.59 Å². The Kier molecular flexibility index (Phi) is 4.02. The Morgan fingerprint density at radius 3 is 2.83 bits per heavy atom. The molecule has 0 aliphatic carbocycles. The molecule has 9 nitrogen and oxygen atoms in total. The first kappa shape index (κ1) is 18.5. The number of carbonyl (C=O) groups is 2. The van der Waals surface area contributed by atoms with Gasteiger partial charge in [-0.3, -0.25) is 14.4 Å². The summed E-state index contributed by atoms with van der Waals surface area (Å²) in [6, 6.07) is 7.51. The van der Waals surface area contributed by atoms with E-state index in [2.05, 4.69) is 10.1 Å². The van der Waals surface area contributed by atoms with Crippen molar-refractivity contribution in [3.63, 3.8) is 0 Å². The summed E-state index contributed by atoms with van der Waals surface area (Å²) in [5.74, 6) is 0.642. The van der Waals surface area contributed by atoms with Crippen LogP contribution in [0.3, 0.4) is 0 Å². The van der Waals surface area contributed by atoms with Crippen LogP contribution in [0.25, 0.3) is 10.9 Å². The third-order valence-electron chi connectivity index (χ3n) is 5.61. The van der Waals surface area contributed by atoms with Crippen molar-refractivity contribution in [3.8, 4) is 5.75 Å². The van der Waals surface area contributed by atoms with E-state index in [1.807, 2.05) is 42.8 Å². The van der Waals surface area contributed by atoms with Crippen molar-refractivity contribution in [1.29, 1.82) is 0 Å². The van der Waals surface area contributed by atoms with Crippen molar-refractivity contribution in [3.05, 3.63) is 41.9 Å². The van der Waals surface area contributed by atoms with Crippen LogP contribution in [-0.2, 0) is 17.8 Å². The first-order chi connectivity index (χ1) is 14.3. The fourth-order valence-electron chi connectivity index (χ4n) is 4.10. The van der Waals surface area contributed by atoms with Crippen molar-refractivity contribution in [2.24, 2.45) is 0 Å². The van der Waals surface area contributed by atoms with E-state index < -0.39 is 5.60 Å². The zero-order chi connectivity index (χ0) is 21.0. The molecule has 0 bridgehead atoms. The second-order valence-corrected chi connectivity index (χ2v) is 8.28. The van der Waals surface area contributed by atoms with Gasteiger partial charge >= 0.3 is 6.09 Å². The highest BCUT2D eigenvalue weighted by Gasteiger charge is 2.40. The van der Waals surface area contributed by atoms with Crippen LogP contribution in [0.1, 0.15) is 30.0 Å². The summed E-state index contributed by atoms with van der Waals surface area (Å²) < 4.78 is 12.5. The number of H-pyrrole nitrogens is 1. The smallest absolute Gasteiger partial charge is 0.415 e. The number of anilines is 1. The molecule has 1 fully saturated rings. The van der Waals surface area contributed by atoms with Gasteiger partial charge in [-0.2, -0.15) is 5.10 Å². The number of ether oxygens (including phenoxy) is 2. The summed E-state index contributed by atoms with van der Waals surface area (Å²) in [6.45, 7) is 5.69. The number of rotatable bonds is 3. The van der Waals surface area contributed by atoms with Gasteiger partial charge < -0.3 is 19.4 Å². The lowest BCUT2D eigenvalue weighted by molar-refractivity contribution is 0.0701. The van der Waals surface area contributed by atoms with Gasteiger partial charge in [0.25, 0.3) is 5.91 Å². The molecule has 9 heteroatoms. The van der Waals surface area contributed by atoms with Gasteiger partial charge in [-0.05, 0) is 32.0 Å². The molecule has 2 aliphatic heterocycles. The van der Waals surface area contributed by atoms with E-state index in [-0.39, 0.29) is 12.0 Å². The summed E-state index contributed by atoms with van der Waals surface area (Å²) in [5, 5.41) is 5.36. The third kappa shape index (κ3) is 2.97. The second kappa shape index (κ2) is 6.51. The molecule has 0 unspecified atom stereocenters. The Balaban J connectivity index is 1.41. The number of cyclic esters (lactones) is 1. The predicted octanol–water partition coefficient (Wildman–Crippen LogP) is 2.76. The summed E-state index contributed by atoms with van der Waals surface area (Å²) in [4.78, 5) is 32.1. The van der Waals surface area contributed by atoms with Gasteiger partial charge in [-0.1, -0.05) is 0 Å². The maximum atomic E-state index is 13.2. The topological polar surface area (TPSA) is 92.7 Å². The molecule has 0 radical (unpaired) electrons. The quantitative estimate of drug-likeness (QED) is 0.718. The fourth-order valence-corrected chi connectivity index (χ4v) is 4.10. The van der Waals surface area contributed by atoms with E-state index >= 15 is 0 Å². The zero-order valence-electron chi connectivity index (χ0n) is 17.1. The number of aromatic amines is 1. The maximum absolute atomic E-state index is 13.2. The Morgan fingerprint density at radius 1 is 1.27 bits per heavy atom. The maximum Gasteiger partial charge on any atom is 0.415 e. The van der Waals surface area contributed by atoms with Crippen LogP contribution in [0.5, 0.6) is 5.75 Å². The molecule has 156 valence electrons. The highest BCUT2D eigenvalue weighted by atomic mass is 16.6. The normalized spacial score (nSPS) is 17.9. The lowest BCUT2D eigenvalue weighted by Crippen LogP contribution is -2.39. The Bertz CT molecular complexity index is 1160. The molecule has 4 heterocycles. The van der Waals surface area contributed by atoms with E-state index in [1.165, 1.54) is 0 Å². The molecule has 2 amide bonds. The van der Waals surface area contributed by atoms with Gasteiger partial charge in [0, 0.05) is 23.5 Å². The molecule has 1 saturated heterocycles. The summed E-state index contributed by atoms with van der Waals surface area (Å²) in [7, 11) is 1.61. The minimum Gasteiger partial charge on any atom is -0.497 e. The summed E-state index contributed by atoms with van der Waals surface area (Å²) in [5.41, 5.74) is 2.35. The van der Waals surface area contributed by atoms with Gasteiger partial charge in [-0.25, -0.2) is 4.79 Å². The van der Waals surface area contributed by atoms with E-state index in [4.69, 9.17) is 9.47 Å². The van der Waals surface area contributed by atoms with E-state index in [0.29, 0.717) is 37.6 Å². The minimum absolute atomic E-state index is 0.0899. The first-order valence-electron chi connectivity index (χ1n) is 9.86. The molecular formula is C21H23N5O4. The highest BCUT2D eigenvalue weighted by molar-refractivity contribution is 5.98. The Labute approximate surface area is 173 Å². The van der Waals surface area contributed by atoms with Crippen LogP contribution in [0, 0.1) is 0 Å². The van der Waals surface area contributed by atoms with Gasteiger partial charge in [0.15, 0.2) is 0 Å². The number of fused-ring (bicyclic) bond motifs is 2. The number of hydrogen-bond acceptors (Lipinski definition) is 5. The molecule has 2 aliphatic rings. The van der Waals surface area contributed by atoms with Gasteiger partial charge in [-0.15, -0.1) is 0 Å². The third-order valence-corrected chi connectivity index (χ3v) is 5.61. The number of benzene rings is 1. The van der Waals surface area contributed by atoms with Crippen LogP contribution in [-0.4, -0.2) is 57.5 Å². The summed E-state index contributed by atoms with van der Waals surface area (Å²) in [6.07, 6.45) is 1.30.